The maximum Gasteiger partial charge on any atom is 0.263 e. The molecule has 0 aliphatic carbocycles. The van der Waals surface area contributed by atoms with E-state index in [2.05, 4.69) is 29.0 Å². The van der Waals surface area contributed by atoms with Gasteiger partial charge in [-0.1, -0.05) is 13.8 Å². The van der Waals surface area contributed by atoms with E-state index in [9.17, 15) is 18.0 Å². The molecule has 1 amide bonds. The Kier molecular flexibility index (Phi) is 9.60. The number of carbonyl (C=O) groups is 1. The molecule has 0 aromatic carbocycles. The van der Waals surface area contributed by atoms with Gasteiger partial charge in [-0.15, -0.1) is 11.3 Å². The van der Waals surface area contributed by atoms with Crippen LogP contribution in [-0.2, 0) is 26.1 Å². The number of hydrogen-bond acceptors (Lipinski definition) is 8. The molecule has 12 heteroatoms. The number of aromatic nitrogens is 2. The summed E-state index contributed by atoms with van der Waals surface area (Å²) in [6.07, 6.45) is 4.32. The van der Waals surface area contributed by atoms with Crippen molar-refractivity contribution in [3.63, 3.8) is 0 Å². The van der Waals surface area contributed by atoms with Crippen LogP contribution in [-0.4, -0.2) is 85.6 Å². The zero-order valence-electron chi connectivity index (χ0n) is 20.2. The minimum absolute atomic E-state index is 0.00593. The third kappa shape index (κ3) is 6.22. The van der Waals surface area contributed by atoms with Gasteiger partial charge >= 0.3 is 0 Å². The first-order chi connectivity index (χ1) is 16.3. The fourth-order valence-corrected chi connectivity index (χ4v) is 7.24. The van der Waals surface area contributed by atoms with Crippen LogP contribution in [0.5, 0.6) is 0 Å². The number of morpholine rings is 1. The number of sulfonamides is 1. The molecule has 3 rings (SSSR count). The number of rotatable bonds is 12. The van der Waals surface area contributed by atoms with Crippen molar-refractivity contribution >= 4 is 37.5 Å². The minimum Gasteiger partial charge on any atom is -0.379 e. The maximum atomic E-state index is 13.3. The summed E-state index contributed by atoms with van der Waals surface area (Å²) in [6.45, 7) is 10.4. The molecule has 2 aromatic heterocycles. The quantitative estimate of drug-likeness (QED) is 0.427. The first-order valence-electron chi connectivity index (χ1n) is 11.8. The van der Waals surface area contributed by atoms with Gasteiger partial charge in [-0.3, -0.25) is 14.2 Å². The number of amides is 1. The molecule has 10 nitrogen and oxygen atoms in total. The van der Waals surface area contributed by atoms with Crippen molar-refractivity contribution in [3.05, 3.63) is 21.6 Å². The number of aryl methyl sites for hydroxylation is 1. The molecular formula is C22H35N5O5S2. The SMILES string of the molecule is CCCN(CCC)CCCNC(=O)Cn1cnc2sc(C)c(S(=O)(=O)N3CCOCC3)c2c1=O. The second kappa shape index (κ2) is 12.2. The molecule has 0 radical (unpaired) electrons. The number of fused-ring (bicyclic) bond motifs is 1. The first kappa shape index (κ1) is 26.7. The third-order valence-electron chi connectivity index (χ3n) is 5.73. The van der Waals surface area contributed by atoms with Crippen LogP contribution in [0, 0.1) is 6.92 Å². The predicted molar refractivity (Wildman–Crippen MR) is 133 cm³/mol. The van der Waals surface area contributed by atoms with E-state index < -0.39 is 15.6 Å². The Labute approximate surface area is 205 Å². The van der Waals surface area contributed by atoms with Gasteiger partial charge in [0.1, 0.15) is 16.3 Å². The zero-order chi connectivity index (χ0) is 24.7. The van der Waals surface area contributed by atoms with Crippen molar-refractivity contribution in [1.29, 1.82) is 0 Å². The molecule has 1 aliphatic heterocycles. The summed E-state index contributed by atoms with van der Waals surface area (Å²) in [5.41, 5.74) is -0.520. The number of nitrogens with one attached hydrogen (secondary N) is 1. The van der Waals surface area contributed by atoms with Crippen molar-refractivity contribution in [2.75, 3.05) is 52.5 Å². The highest BCUT2D eigenvalue weighted by atomic mass is 32.2. The van der Waals surface area contributed by atoms with Gasteiger partial charge < -0.3 is 15.0 Å². The van der Waals surface area contributed by atoms with E-state index in [0.29, 0.717) is 29.5 Å². The van der Waals surface area contributed by atoms with Gasteiger partial charge in [0.2, 0.25) is 15.9 Å². The van der Waals surface area contributed by atoms with Gasteiger partial charge in [0.15, 0.2) is 0 Å². The monoisotopic (exact) mass is 513 g/mol. The molecule has 1 fully saturated rings. The molecule has 0 bridgehead atoms. The molecule has 34 heavy (non-hydrogen) atoms. The topological polar surface area (TPSA) is 114 Å². The highest BCUT2D eigenvalue weighted by Crippen LogP contribution is 2.33. The molecule has 0 unspecified atom stereocenters. The fourth-order valence-electron chi connectivity index (χ4n) is 4.16. The molecule has 2 aromatic rings. The molecular weight excluding hydrogens is 478 g/mol. The Hall–Kier alpha value is -1.86. The fraction of sp³-hybridized carbons (Fsp3) is 0.682. The predicted octanol–water partition coefficient (Wildman–Crippen LogP) is 1.42. The standard InChI is InChI=1S/C22H35N5O5S2/c1-4-8-25(9-5-2)10-6-7-23-18(28)15-26-16-24-21-19(22(26)29)20(17(3)33-21)34(30,31)27-11-13-32-14-12-27/h16H,4-15H2,1-3H3,(H,23,28). The van der Waals surface area contributed by atoms with Crippen LogP contribution in [0.25, 0.3) is 10.2 Å². The second-order valence-electron chi connectivity index (χ2n) is 8.41. The van der Waals surface area contributed by atoms with Crippen molar-refractivity contribution in [2.24, 2.45) is 0 Å². The van der Waals surface area contributed by atoms with Gasteiger partial charge in [0.25, 0.3) is 5.56 Å². The molecule has 1 saturated heterocycles. The lowest BCUT2D eigenvalue weighted by molar-refractivity contribution is -0.121. The molecule has 0 saturated carbocycles. The smallest absolute Gasteiger partial charge is 0.263 e. The van der Waals surface area contributed by atoms with Gasteiger partial charge in [-0.25, -0.2) is 13.4 Å². The van der Waals surface area contributed by atoms with Crippen molar-refractivity contribution in [2.45, 2.75) is 51.5 Å². The normalized spacial score (nSPS) is 15.3. The van der Waals surface area contributed by atoms with E-state index >= 15 is 0 Å². The molecule has 0 spiro atoms. The van der Waals surface area contributed by atoms with Gasteiger partial charge in [-0.05, 0) is 45.8 Å². The molecule has 3 heterocycles. The average Bonchev–Trinajstić information content (AvgIpc) is 3.17. The number of ether oxygens (including phenoxy) is 1. The molecule has 1 N–H and O–H groups in total. The Morgan fingerprint density at radius 1 is 1.21 bits per heavy atom. The van der Waals surface area contributed by atoms with E-state index in [1.165, 1.54) is 26.5 Å². The summed E-state index contributed by atoms with van der Waals surface area (Å²) in [7, 11) is -3.87. The van der Waals surface area contributed by atoms with E-state index in [4.69, 9.17) is 4.74 Å². The Morgan fingerprint density at radius 3 is 2.53 bits per heavy atom. The molecule has 1 aliphatic rings. The van der Waals surface area contributed by atoms with Crippen LogP contribution in [0.2, 0.25) is 0 Å². The largest absolute Gasteiger partial charge is 0.379 e. The average molecular weight is 514 g/mol. The molecule has 0 atom stereocenters. The highest BCUT2D eigenvalue weighted by molar-refractivity contribution is 7.89. The maximum absolute atomic E-state index is 13.3. The van der Waals surface area contributed by atoms with E-state index in [-0.39, 0.29) is 35.8 Å². The van der Waals surface area contributed by atoms with Crippen LogP contribution < -0.4 is 10.9 Å². The minimum atomic E-state index is -3.87. The third-order valence-corrected chi connectivity index (χ3v) is 8.95. The lowest BCUT2D eigenvalue weighted by atomic mass is 10.3. The summed E-state index contributed by atoms with van der Waals surface area (Å²) >= 11 is 1.17. The van der Waals surface area contributed by atoms with Gasteiger partial charge in [0, 0.05) is 24.5 Å². The van der Waals surface area contributed by atoms with Crippen LogP contribution in [0.1, 0.15) is 38.0 Å². The van der Waals surface area contributed by atoms with Crippen molar-refractivity contribution < 1.29 is 17.9 Å². The number of nitrogens with zero attached hydrogens (tertiary/aromatic N) is 4. The van der Waals surface area contributed by atoms with Crippen LogP contribution in [0.3, 0.4) is 0 Å². The lowest BCUT2D eigenvalue weighted by Crippen LogP contribution is -2.41. The number of hydrogen-bond donors (Lipinski definition) is 1. The first-order valence-corrected chi connectivity index (χ1v) is 14.1. The molecule has 190 valence electrons. The highest BCUT2D eigenvalue weighted by Gasteiger charge is 2.32. The van der Waals surface area contributed by atoms with E-state index in [1.54, 1.807) is 6.92 Å². The van der Waals surface area contributed by atoms with Crippen LogP contribution >= 0.6 is 11.3 Å². The summed E-state index contributed by atoms with van der Waals surface area (Å²) in [4.78, 5) is 33.2. The summed E-state index contributed by atoms with van der Waals surface area (Å²) in [6, 6.07) is 0. The van der Waals surface area contributed by atoms with Crippen molar-refractivity contribution in [3.8, 4) is 0 Å². The Morgan fingerprint density at radius 2 is 1.88 bits per heavy atom. The van der Waals surface area contributed by atoms with Crippen LogP contribution in [0.4, 0.5) is 0 Å². The number of carbonyl (C=O) groups excluding carboxylic acids is 1. The van der Waals surface area contributed by atoms with Gasteiger partial charge in [0.05, 0.1) is 24.9 Å². The van der Waals surface area contributed by atoms with E-state index in [1.807, 2.05) is 0 Å². The summed E-state index contributed by atoms with van der Waals surface area (Å²) < 4.78 is 34.4. The summed E-state index contributed by atoms with van der Waals surface area (Å²) in [5, 5.41) is 2.91. The van der Waals surface area contributed by atoms with Crippen LogP contribution in [0.15, 0.2) is 16.0 Å². The number of thiophene rings is 1. The van der Waals surface area contributed by atoms with E-state index in [0.717, 1.165) is 38.9 Å². The zero-order valence-corrected chi connectivity index (χ0v) is 21.8. The second-order valence-corrected chi connectivity index (χ2v) is 11.5. The summed E-state index contributed by atoms with van der Waals surface area (Å²) in [5.74, 6) is -0.301. The van der Waals surface area contributed by atoms with Gasteiger partial charge in [-0.2, -0.15) is 4.31 Å². The van der Waals surface area contributed by atoms with Crippen molar-refractivity contribution in [1.82, 2.24) is 24.1 Å². The Balaban J connectivity index is 1.72. The lowest BCUT2D eigenvalue weighted by Gasteiger charge is -2.26. The Bertz CT molecular complexity index is 1130.